The zero-order valence-electron chi connectivity index (χ0n) is 9.36. The number of halogens is 2. The normalized spacial score (nSPS) is 13.9. The summed E-state index contributed by atoms with van der Waals surface area (Å²) >= 11 is 8.18. The van der Waals surface area contributed by atoms with Crippen molar-refractivity contribution in [2.24, 2.45) is 0 Å². The molecule has 1 heterocycles. The molecule has 0 spiro atoms. The maximum atomic E-state index is 12.1. The van der Waals surface area contributed by atoms with E-state index in [1.807, 2.05) is 45.6 Å². The first-order chi connectivity index (χ1) is 8.66. The zero-order chi connectivity index (χ0) is 12.7. The molecule has 0 aromatic heterocycles. The molecule has 0 aliphatic carbocycles. The molecule has 18 heavy (non-hydrogen) atoms. The van der Waals surface area contributed by atoms with E-state index in [1.165, 1.54) is 0 Å². The fourth-order valence-corrected chi connectivity index (χ4v) is 3.12. The van der Waals surface area contributed by atoms with Crippen molar-refractivity contribution in [2.45, 2.75) is 0 Å². The van der Waals surface area contributed by atoms with Crippen LogP contribution in [0.15, 0.2) is 42.5 Å². The zero-order valence-corrected chi connectivity index (χ0v) is 12.3. The lowest BCUT2D eigenvalue weighted by Gasteiger charge is -2.10. The van der Waals surface area contributed by atoms with Gasteiger partial charge in [0.2, 0.25) is 0 Å². The van der Waals surface area contributed by atoms with E-state index in [9.17, 15) is 4.79 Å². The van der Waals surface area contributed by atoms with Gasteiger partial charge < -0.3 is 3.11 Å². The van der Waals surface area contributed by atoms with Gasteiger partial charge in [-0.25, -0.2) is 0 Å². The van der Waals surface area contributed by atoms with Crippen molar-refractivity contribution in [3.63, 3.8) is 0 Å². The quantitative estimate of drug-likeness (QED) is 0.550. The highest BCUT2D eigenvalue weighted by molar-refractivity contribution is 14.1. The van der Waals surface area contributed by atoms with Crippen LogP contribution in [0.1, 0.15) is 10.4 Å². The summed E-state index contributed by atoms with van der Waals surface area (Å²) in [7, 11) is 0. The van der Waals surface area contributed by atoms with Crippen molar-refractivity contribution in [3.8, 4) is 11.1 Å². The molecule has 0 unspecified atom stereocenters. The highest BCUT2D eigenvalue weighted by atomic mass is 127. The molecule has 2 aromatic rings. The number of ketones is 1. The van der Waals surface area contributed by atoms with Crippen LogP contribution in [0.4, 0.5) is 5.69 Å². The lowest BCUT2D eigenvalue weighted by Crippen LogP contribution is -2.08. The highest BCUT2D eigenvalue weighted by Gasteiger charge is 2.27. The van der Waals surface area contributed by atoms with Gasteiger partial charge in [0.1, 0.15) is 0 Å². The highest BCUT2D eigenvalue weighted by Crippen LogP contribution is 2.38. The third kappa shape index (κ3) is 1.91. The summed E-state index contributed by atoms with van der Waals surface area (Å²) in [6, 6.07) is 13.5. The summed E-state index contributed by atoms with van der Waals surface area (Å²) < 4.78 is 1.95. The van der Waals surface area contributed by atoms with Crippen molar-refractivity contribution in [3.05, 3.63) is 53.1 Å². The second-order valence-electron chi connectivity index (χ2n) is 4.15. The average Bonchev–Trinajstić information content (AvgIpc) is 2.65. The number of nitrogens with zero attached hydrogens (tertiary/aromatic N) is 1. The molecule has 0 fully saturated rings. The average molecular weight is 370 g/mol. The minimum atomic E-state index is 0.162. The fraction of sp³-hybridized carbons (Fsp3) is 0.0714. The lowest BCUT2D eigenvalue weighted by molar-refractivity contribution is 0.101. The Morgan fingerprint density at radius 2 is 1.94 bits per heavy atom. The SMILES string of the molecule is O=C1CN(I)c2cccc(-c3cccc(Cl)c3)c21. The Morgan fingerprint density at radius 3 is 2.72 bits per heavy atom. The van der Waals surface area contributed by atoms with Gasteiger partial charge in [-0.15, -0.1) is 0 Å². The van der Waals surface area contributed by atoms with Crippen molar-refractivity contribution in [1.82, 2.24) is 0 Å². The number of Topliss-reactive ketones (excluding diaryl/α,β-unsaturated/α-hetero) is 1. The van der Waals surface area contributed by atoms with Gasteiger partial charge in [-0.1, -0.05) is 35.9 Å². The van der Waals surface area contributed by atoms with E-state index in [1.54, 1.807) is 0 Å². The fourth-order valence-electron chi connectivity index (χ4n) is 2.22. The number of carbonyl (C=O) groups excluding carboxylic acids is 1. The maximum Gasteiger partial charge on any atom is 0.185 e. The molecule has 0 saturated heterocycles. The molecular weight excluding hydrogens is 361 g/mol. The molecule has 3 rings (SSSR count). The maximum absolute atomic E-state index is 12.1. The molecule has 0 radical (unpaired) electrons. The Hall–Kier alpha value is -1.07. The van der Waals surface area contributed by atoms with Gasteiger partial charge in [0.15, 0.2) is 5.78 Å². The second-order valence-corrected chi connectivity index (χ2v) is 5.75. The Labute approximate surface area is 124 Å². The van der Waals surface area contributed by atoms with E-state index in [4.69, 9.17) is 11.6 Å². The molecule has 1 aliphatic heterocycles. The Morgan fingerprint density at radius 1 is 1.17 bits per heavy atom. The molecule has 90 valence electrons. The first-order valence-corrected chi connectivity index (χ1v) is 6.86. The summed E-state index contributed by atoms with van der Waals surface area (Å²) in [5.74, 6) is 0.162. The van der Waals surface area contributed by atoms with E-state index in [2.05, 4.69) is 22.9 Å². The molecule has 0 bridgehead atoms. The smallest absolute Gasteiger partial charge is 0.185 e. The monoisotopic (exact) mass is 369 g/mol. The largest absolute Gasteiger partial charge is 0.306 e. The van der Waals surface area contributed by atoms with Gasteiger partial charge in [0, 0.05) is 5.02 Å². The first kappa shape index (κ1) is 12.0. The van der Waals surface area contributed by atoms with Crippen molar-refractivity contribution in [2.75, 3.05) is 9.66 Å². The molecule has 2 nitrogen and oxygen atoms in total. The summed E-state index contributed by atoms with van der Waals surface area (Å²) in [5.41, 5.74) is 3.73. The molecule has 0 atom stereocenters. The summed E-state index contributed by atoms with van der Waals surface area (Å²) in [6.07, 6.45) is 0. The molecule has 0 amide bonds. The number of rotatable bonds is 1. The first-order valence-electron chi connectivity index (χ1n) is 5.52. The number of carbonyl (C=O) groups is 1. The van der Waals surface area contributed by atoms with E-state index < -0.39 is 0 Å². The van der Waals surface area contributed by atoms with Crippen molar-refractivity contribution >= 4 is 45.9 Å². The number of hydrogen-bond donors (Lipinski definition) is 0. The van der Waals surface area contributed by atoms with Crippen LogP contribution in [0.25, 0.3) is 11.1 Å². The topological polar surface area (TPSA) is 20.3 Å². The number of benzene rings is 2. The number of fused-ring (bicyclic) bond motifs is 1. The Kier molecular flexibility index (Phi) is 3.03. The molecule has 0 N–H and O–H groups in total. The van der Waals surface area contributed by atoms with Gasteiger partial charge in [0.25, 0.3) is 0 Å². The predicted octanol–water partition coefficient (Wildman–Crippen LogP) is 4.36. The van der Waals surface area contributed by atoms with Crippen molar-refractivity contribution in [1.29, 1.82) is 0 Å². The lowest BCUT2D eigenvalue weighted by atomic mass is 9.97. The van der Waals surface area contributed by atoms with Gasteiger partial charge in [0.05, 0.1) is 40.7 Å². The van der Waals surface area contributed by atoms with Gasteiger partial charge in [-0.3, -0.25) is 4.79 Å². The van der Waals surface area contributed by atoms with Gasteiger partial charge >= 0.3 is 0 Å². The summed E-state index contributed by atoms with van der Waals surface area (Å²) in [6.45, 7) is 0.438. The molecule has 2 aromatic carbocycles. The van der Waals surface area contributed by atoms with Crippen LogP contribution in [0.3, 0.4) is 0 Å². The summed E-state index contributed by atoms with van der Waals surface area (Å²) in [4.78, 5) is 12.1. The van der Waals surface area contributed by atoms with Crippen LogP contribution in [-0.4, -0.2) is 12.3 Å². The van der Waals surface area contributed by atoms with Crippen LogP contribution in [0.5, 0.6) is 0 Å². The van der Waals surface area contributed by atoms with Crippen LogP contribution in [-0.2, 0) is 0 Å². The number of hydrogen-bond acceptors (Lipinski definition) is 2. The predicted molar refractivity (Wildman–Crippen MR) is 82.6 cm³/mol. The Balaban J connectivity index is 2.23. The Bertz CT molecular complexity index is 641. The van der Waals surface area contributed by atoms with Crippen LogP contribution < -0.4 is 3.11 Å². The van der Waals surface area contributed by atoms with E-state index in [-0.39, 0.29) is 5.78 Å². The molecule has 1 aliphatic rings. The van der Waals surface area contributed by atoms with Crippen LogP contribution in [0.2, 0.25) is 5.02 Å². The standard InChI is InChI=1S/C14H9ClINO/c15-10-4-1-3-9(7-10)11-5-2-6-12-14(11)13(18)8-17(12)16/h1-7H,8H2. The third-order valence-electron chi connectivity index (χ3n) is 3.00. The van der Waals surface area contributed by atoms with Crippen molar-refractivity contribution < 1.29 is 4.79 Å². The third-order valence-corrected chi connectivity index (χ3v) is 4.10. The van der Waals surface area contributed by atoms with E-state index in [0.29, 0.717) is 11.6 Å². The van der Waals surface area contributed by atoms with Crippen LogP contribution >= 0.6 is 34.5 Å². The van der Waals surface area contributed by atoms with Crippen LogP contribution in [0, 0.1) is 0 Å². The van der Waals surface area contributed by atoms with E-state index >= 15 is 0 Å². The molecule has 4 heteroatoms. The molecule has 0 saturated carbocycles. The minimum absolute atomic E-state index is 0.162. The second kappa shape index (κ2) is 4.55. The number of anilines is 1. The summed E-state index contributed by atoms with van der Waals surface area (Å²) in [5, 5.41) is 0.682. The van der Waals surface area contributed by atoms with E-state index in [0.717, 1.165) is 22.4 Å². The minimum Gasteiger partial charge on any atom is -0.306 e. The van der Waals surface area contributed by atoms with Gasteiger partial charge in [-0.2, -0.15) is 0 Å². The molecular formula is C14H9ClINO. The van der Waals surface area contributed by atoms with Gasteiger partial charge in [-0.05, 0) is 29.3 Å².